The Morgan fingerprint density at radius 3 is 2.02 bits per heavy atom. The Morgan fingerprint density at radius 1 is 0.729 bits per heavy atom. The number of benzene rings is 2. The van der Waals surface area contributed by atoms with Crippen LogP contribution in [0.4, 0.5) is 0 Å². The quantitative estimate of drug-likeness (QED) is 0.147. The summed E-state index contributed by atoms with van der Waals surface area (Å²) >= 11 is 14.2. The number of pyridine rings is 2. The van der Waals surface area contributed by atoms with Crippen molar-refractivity contribution in [1.29, 1.82) is 0 Å². The number of rotatable bonds is 13. The minimum atomic E-state index is 0.514. The molecule has 0 aliphatic carbocycles. The maximum absolute atomic E-state index is 7.11. The Hall–Kier alpha value is -3.24. The molecular weight excluding hydrogens is 647 g/mol. The molecule has 2 aromatic heterocycles. The molecule has 2 N–H and O–H groups in total. The molecule has 0 radical (unpaired) electrons. The van der Waals surface area contributed by atoms with E-state index in [1.807, 2.05) is 42.5 Å². The van der Waals surface area contributed by atoms with E-state index in [1.165, 1.54) is 0 Å². The third kappa shape index (κ3) is 8.30. The lowest BCUT2D eigenvalue weighted by Crippen LogP contribution is -2.27. The number of hydrogen-bond acceptors (Lipinski definition) is 8. The zero-order valence-electron chi connectivity index (χ0n) is 27.7. The van der Waals surface area contributed by atoms with Crippen LogP contribution >= 0.6 is 23.2 Å². The van der Waals surface area contributed by atoms with E-state index in [0.717, 1.165) is 117 Å². The lowest BCUT2D eigenvalue weighted by molar-refractivity contribution is 0.0661. The highest BCUT2D eigenvalue weighted by molar-refractivity contribution is 6.39. The number of nitrogens with one attached hydrogen (secondary N) is 2. The second kappa shape index (κ2) is 16.9. The van der Waals surface area contributed by atoms with Crippen LogP contribution in [0.25, 0.3) is 33.6 Å². The largest absolute Gasteiger partial charge is 0.496 e. The molecule has 0 amide bonds. The van der Waals surface area contributed by atoms with Gasteiger partial charge in [0.15, 0.2) is 0 Å². The van der Waals surface area contributed by atoms with E-state index in [0.29, 0.717) is 40.0 Å². The fraction of sp³-hybridized carbons (Fsp3) is 0.421. The first-order chi connectivity index (χ1) is 23.6. The Labute approximate surface area is 293 Å². The SMILES string of the molecule is COc1cc(-c2nccc(-c3cccc(-c4ccc(CNCC5CCOCC5)c(OC)n4)c3Cl)c2Cl)ccc1CNCC1CCOCC1. The summed E-state index contributed by atoms with van der Waals surface area (Å²) in [5.41, 5.74) is 6.71. The first kappa shape index (κ1) is 34.6. The molecule has 2 aromatic carbocycles. The van der Waals surface area contributed by atoms with Gasteiger partial charge in [-0.25, -0.2) is 4.98 Å². The van der Waals surface area contributed by atoms with Gasteiger partial charge in [-0.05, 0) is 68.8 Å². The molecule has 4 aromatic rings. The van der Waals surface area contributed by atoms with Gasteiger partial charge in [0.2, 0.25) is 5.88 Å². The lowest BCUT2D eigenvalue weighted by atomic mass is 9.98. The van der Waals surface area contributed by atoms with Gasteiger partial charge in [0.1, 0.15) is 5.75 Å². The molecule has 10 heteroatoms. The molecule has 8 nitrogen and oxygen atoms in total. The van der Waals surface area contributed by atoms with Crippen LogP contribution in [0, 0.1) is 11.8 Å². The highest BCUT2D eigenvalue weighted by Gasteiger charge is 2.20. The van der Waals surface area contributed by atoms with Crippen LogP contribution in [0.1, 0.15) is 36.8 Å². The van der Waals surface area contributed by atoms with E-state index in [4.69, 9.17) is 47.1 Å². The predicted molar refractivity (Wildman–Crippen MR) is 192 cm³/mol. The Balaban J connectivity index is 1.20. The van der Waals surface area contributed by atoms with Gasteiger partial charge in [0.25, 0.3) is 0 Å². The van der Waals surface area contributed by atoms with E-state index in [2.05, 4.69) is 27.8 Å². The normalized spacial score (nSPS) is 15.8. The van der Waals surface area contributed by atoms with Crippen LogP contribution in [0.2, 0.25) is 10.0 Å². The number of ether oxygens (including phenoxy) is 4. The van der Waals surface area contributed by atoms with E-state index < -0.39 is 0 Å². The summed E-state index contributed by atoms with van der Waals surface area (Å²) in [6, 6.07) is 18.0. The summed E-state index contributed by atoms with van der Waals surface area (Å²) in [7, 11) is 3.34. The third-order valence-corrected chi connectivity index (χ3v) is 10.1. The number of hydrogen-bond donors (Lipinski definition) is 2. The molecular formula is C38H44Cl2N4O4. The van der Waals surface area contributed by atoms with Crippen molar-refractivity contribution < 1.29 is 18.9 Å². The first-order valence-electron chi connectivity index (χ1n) is 16.8. The Morgan fingerprint density at radius 2 is 1.35 bits per heavy atom. The fourth-order valence-corrected chi connectivity index (χ4v) is 7.13. The van der Waals surface area contributed by atoms with Crippen molar-refractivity contribution in [3.63, 3.8) is 0 Å². The average molecular weight is 692 g/mol. The molecule has 0 atom stereocenters. The summed E-state index contributed by atoms with van der Waals surface area (Å²) in [6.45, 7) is 6.68. The fourth-order valence-electron chi connectivity index (χ4n) is 6.48. The second-order valence-electron chi connectivity index (χ2n) is 12.5. The van der Waals surface area contributed by atoms with Crippen LogP contribution in [0.5, 0.6) is 11.6 Å². The maximum atomic E-state index is 7.11. The zero-order chi connectivity index (χ0) is 33.3. The Kier molecular flexibility index (Phi) is 12.2. The topological polar surface area (TPSA) is 86.8 Å². The van der Waals surface area contributed by atoms with Crippen LogP contribution in [-0.4, -0.2) is 63.7 Å². The molecule has 2 aliphatic heterocycles. The van der Waals surface area contributed by atoms with Gasteiger partial charge >= 0.3 is 0 Å². The average Bonchev–Trinajstić information content (AvgIpc) is 3.13. The number of nitrogens with zero attached hydrogens (tertiary/aromatic N) is 2. The summed E-state index contributed by atoms with van der Waals surface area (Å²) in [4.78, 5) is 9.51. The van der Waals surface area contributed by atoms with Crippen LogP contribution < -0.4 is 20.1 Å². The Bertz CT molecular complexity index is 1550. The van der Waals surface area contributed by atoms with E-state index >= 15 is 0 Å². The van der Waals surface area contributed by atoms with E-state index in [-0.39, 0.29) is 0 Å². The van der Waals surface area contributed by atoms with Crippen molar-refractivity contribution in [2.24, 2.45) is 11.8 Å². The maximum Gasteiger partial charge on any atom is 0.218 e. The van der Waals surface area contributed by atoms with Crippen molar-refractivity contribution >= 4 is 23.2 Å². The van der Waals surface area contributed by atoms with Gasteiger partial charge in [-0.15, -0.1) is 0 Å². The molecule has 0 bridgehead atoms. The number of halogens is 2. The molecule has 6 rings (SSSR count). The van der Waals surface area contributed by atoms with Crippen molar-refractivity contribution in [3.8, 4) is 45.3 Å². The van der Waals surface area contributed by atoms with Crippen LogP contribution in [0.15, 0.2) is 60.8 Å². The van der Waals surface area contributed by atoms with E-state index in [1.54, 1.807) is 20.4 Å². The lowest BCUT2D eigenvalue weighted by Gasteiger charge is -2.22. The minimum Gasteiger partial charge on any atom is -0.496 e. The van der Waals surface area contributed by atoms with Crippen molar-refractivity contribution in [1.82, 2.24) is 20.6 Å². The smallest absolute Gasteiger partial charge is 0.218 e. The van der Waals surface area contributed by atoms with E-state index in [9.17, 15) is 0 Å². The molecule has 2 saturated heterocycles. The summed E-state index contributed by atoms with van der Waals surface area (Å²) < 4.78 is 22.5. The molecule has 0 spiro atoms. The van der Waals surface area contributed by atoms with Gasteiger partial charge in [0.05, 0.1) is 35.7 Å². The highest BCUT2D eigenvalue weighted by atomic mass is 35.5. The second-order valence-corrected chi connectivity index (χ2v) is 13.2. The van der Waals surface area contributed by atoms with Crippen molar-refractivity contribution in [2.45, 2.75) is 38.8 Å². The van der Waals surface area contributed by atoms with Gasteiger partial charge in [-0.3, -0.25) is 4.98 Å². The van der Waals surface area contributed by atoms with Crippen LogP contribution in [-0.2, 0) is 22.6 Å². The highest BCUT2D eigenvalue weighted by Crippen LogP contribution is 2.42. The monoisotopic (exact) mass is 690 g/mol. The molecule has 0 saturated carbocycles. The molecule has 48 heavy (non-hydrogen) atoms. The first-order valence-corrected chi connectivity index (χ1v) is 17.5. The van der Waals surface area contributed by atoms with Gasteiger partial charge in [-0.2, -0.15) is 0 Å². The molecule has 2 aliphatic rings. The van der Waals surface area contributed by atoms with Gasteiger partial charge in [-0.1, -0.05) is 59.6 Å². The molecule has 4 heterocycles. The van der Waals surface area contributed by atoms with Crippen molar-refractivity contribution in [2.75, 3.05) is 53.7 Å². The predicted octanol–water partition coefficient (Wildman–Crippen LogP) is 7.83. The van der Waals surface area contributed by atoms with Gasteiger partial charge in [0, 0.05) is 79.1 Å². The summed E-state index contributed by atoms with van der Waals surface area (Å²) in [5.74, 6) is 2.65. The minimum absolute atomic E-state index is 0.514. The standard InChI is InChI=1S/C38H44Cl2N4O4/c1-45-34-20-27(6-7-28(34)23-41-21-25-11-16-47-17-12-25)37-36(40)31(10-15-43-37)30-4-3-5-32(35(30)39)33-9-8-29(38(44-33)46-2)24-42-22-26-13-18-48-19-14-26/h3-10,15,20,25-26,41-42H,11-14,16-19,21-24H2,1-2H3. The summed E-state index contributed by atoms with van der Waals surface area (Å²) in [6.07, 6.45) is 6.15. The molecule has 254 valence electrons. The zero-order valence-corrected chi connectivity index (χ0v) is 29.2. The molecule has 0 unspecified atom stereocenters. The summed E-state index contributed by atoms with van der Waals surface area (Å²) in [5, 5.41) is 8.23. The van der Waals surface area contributed by atoms with Crippen LogP contribution in [0.3, 0.4) is 0 Å². The number of aromatic nitrogens is 2. The number of methoxy groups -OCH3 is 2. The third-order valence-electron chi connectivity index (χ3n) is 9.33. The van der Waals surface area contributed by atoms with Gasteiger partial charge < -0.3 is 29.6 Å². The molecule has 2 fully saturated rings. The van der Waals surface area contributed by atoms with Crippen molar-refractivity contribution in [3.05, 3.63) is 82.0 Å².